The summed E-state index contributed by atoms with van der Waals surface area (Å²) in [6, 6.07) is 11.1. The van der Waals surface area contributed by atoms with Gasteiger partial charge in [-0.1, -0.05) is 29.8 Å². The number of hydrogen-bond acceptors (Lipinski definition) is 3. The van der Waals surface area contributed by atoms with Gasteiger partial charge in [-0.05, 0) is 36.8 Å². The number of hydrogen-bond donors (Lipinski definition) is 0. The zero-order chi connectivity index (χ0) is 14.3. The van der Waals surface area contributed by atoms with Crippen LogP contribution in [0.3, 0.4) is 0 Å². The Kier molecular flexibility index (Phi) is 2.87. The van der Waals surface area contributed by atoms with Gasteiger partial charge in [0.1, 0.15) is 6.33 Å². The molecule has 0 saturated heterocycles. The lowest BCUT2D eigenvalue weighted by Gasteiger charge is -2.07. The van der Waals surface area contributed by atoms with E-state index in [1.807, 2.05) is 31.2 Å². The molecule has 4 nitrogen and oxygen atoms in total. The standard InChI is InChI=1S/C15H14N2O2S/c1-11-3-4-13-5-6-15(8-14(13)7-11)20(18,19)17-9-12(2)16-10-17/h3-10H,1-2H3. The highest BCUT2D eigenvalue weighted by molar-refractivity contribution is 7.90. The van der Waals surface area contributed by atoms with Gasteiger partial charge in [-0.15, -0.1) is 0 Å². The molecule has 1 aromatic heterocycles. The van der Waals surface area contributed by atoms with Crippen LogP contribution in [0.5, 0.6) is 0 Å². The van der Waals surface area contributed by atoms with Gasteiger partial charge in [0, 0.05) is 6.20 Å². The third kappa shape index (κ3) is 2.10. The topological polar surface area (TPSA) is 52.0 Å². The largest absolute Gasteiger partial charge is 0.268 e. The molecule has 0 saturated carbocycles. The molecule has 1 heterocycles. The molecule has 0 spiro atoms. The summed E-state index contributed by atoms with van der Waals surface area (Å²) in [4.78, 5) is 4.24. The van der Waals surface area contributed by atoms with E-state index in [1.165, 1.54) is 12.5 Å². The SMILES string of the molecule is Cc1ccc2ccc(S(=O)(=O)n3cnc(C)c3)cc2c1. The van der Waals surface area contributed by atoms with Gasteiger partial charge < -0.3 is 0 Å². The third-order valence-corrected chi connectivity index (χ3v) is 4.84. The molecule has 0 N–H and O–H groups in total. The zero-order valence-electron chi connectivity index (χ0n) is 11.2. The summed E-state index contributed by atoms with van der Waals surface area (Å²) >= 11 is 0. The van der Waals surface area contributed by atoms with Crippen LogP contribution in [0.1, 0.15) is 11.3 Å². The van der Waals surface area contributed by atoms with Crippen molar-refractivity contribution in [3.8, 4) is 0 Å². The Labute approximate surface area is 117 Å². The summed E-state index contributed by atoms with van der Waals surface area (Å²) < 4.78 is 26.1. The molecular weight excluding hydrogens is 272 g/mol. The maximum atomic E-state index is 12.5. The summed E-state index contributed by atoms with van der Waals surface area (Å²) in [6.45, 7) is 3.75. The molecule has 102 valence electrons. The van der Waals surface area contributed by atoms with E-state index in [1.54, 1.807) is 19.1 Å². The van der Waals surface area contributed by atoms with Crippen LogP contribution in [0.25, 0.3) is 10.8 Å². The molecule has 0 aliphatic carbocycles. The van der Waals surface area contributed by atoms with Crippen LogP contribution in [0.4, 0.5) is 0 Å². The van der Waals surface area contributed by atoms with Gasteiger partial charge in [-0.3, -0.25) is 0 Å². The number of rotatable bonds is 2. The van der Waals surface area contributed by atoms with E-state index in [2.05, 4.69) is 4.98 Å². The highest BCUT2D eigenvalue weighted by atomic mass is 32.2. The van der Waals surface area contributed by atoms with Crippen LogP contribution < -0.4 is 0 Å². The highest BCUT2D eigenvalue weighted by Gasteiger charge is 2.17. The fourth-order valence-electron chi connectivity index (χ4n) is 2.16. The Morgan fingerprint density at radius 2 is 1.75 bits per heavy atom. The molecule has 0 atom stereocenters. The van der Waals surface area contributed by atoms with Crippen LogP contribution in [-0.2, 0) is 10.0 Å². The summed E-state index contributed by atoms with van der Waals surface area (Å²) in [5, 5.41) is 1.94. The third-order valence-electron chi connectivity index (χ3n) is 3.23. The molecule has 0 fully saturated rings. The second-order valence-electron chi connectivity index (χ2n) is 4.86. The van der Waals surface area contributed by atoms with Crippen LogP contribution in [-0.4, -0.2) is 17.4 Å². The number of benzene rings is 2. The van der Waals surface area contributed by atoms with E-state index in [4.69, 9.17) is 0 Å². The lowest BCUT2D eigenvalue weighted by Crippen LogP contribution is -2.10. The molecule has 0 aliphatic heterocycles. The Balaban J connectivity index is 2.19. The number of imidazole rings is 1. The van der Waals surface area contributed by atoms with E-state index < -0.39 is 10.0 Å². The predicted molar refractivity (Wildman–Crippen MR) is 78.2 cm³/mol. The Morgan fingerprint density at radius 1 is 1.00 bits per heavy atom. The summed E-state index contributed by atoms with van der Waals surface area (Å²) in [7, 11) is -3.57. The minimum absolute atomic E-state index is 0.271. The normalized spacial score (nSPS) is 11.9. The number of nitrogens with zero attached hydrogens (tertiary/aromatic N) is 2. The minimum atomic E-state index is -3.57. The fourth-order valence-corrected chi connectivity index (χ4v) is 3.38. The van der Waals surface area contributed by atoms with Gasteiger partial charge in [0.2, 0.25) is 0 Å². The van der Waals surface area contributed by atoms with E-state index in [9.17, 15) is 8.42 Å². The summed E-state index contributed by atoms with van der Waals surface area (Å²) in [6.07, 6.45) is 2.83. The maximum absolute atomic E-state index is 12.5. The summed E-state index contributed by atoms with van der Waals surface area (Å²) in [5.74, 6) is 0. The van der Waals surface area contributed by atoms with Gasteiger partial charge in [-0.25, -0.2) is 17.4 Å². The van der Waals surface area contributed by atoms with Crippen molar-refractivity contribution in [3.05, 3.63) is 60.2 Å². The monoisotopic (exact) mass is 286 g/mol. The molecule has 0 bridgehead atoms. The molecule has 3 rings (SSSR count). The molecule has 20 heavy (non-hydrogen) atoms. The van der Waals surface area contributed by atoms with Gasteiger partial charge in [-0.2, -0.15) is 0 Å². The first-order valence-electron chi connectivity index (χ1n) is 6.23. The Hall–Kier alpha value is -2.14. The number of aromatic nitrogens is 2. The molecular formula is C15H14N2O2S. The van der Waals surface area contributed by atoms with Gasteiger partial charge in [0.05, 0.1) is 10.6 Å². The highest BCUT2D eigenvalue weighted by Crippen LogP contribution is 2.22. The lowest BCUT2D eigenvalue weighted by molar-refractivity contribution is 0.587. The van der Waals surface area contributed by atoms with Crippen molar-refractivity contribution in [2.45, 2.75) is 18.7 Å². The van der Waals surface area contributed by atoms with Crippen LogP contribution in [0, 0.1) is 13.8 Å². The second-order valence-corrected chi connectivity index (χ2v) is 6.71. The smallest absolute Gasteiger partial charge is 0.241 e. The first-order valence-corrected chi connectivity index (χ1v) is 7.67. The molecule has 0 amide bonds. The molecule has 5 heteroatoms. The van der Waals surface area contributed by atoms with E-state index in [0.717, 1.165) is 20.3 Å². The van der Waals surface area contributed by atoms with Crippen LogP contribution in [0.2, 0.25) is 0 Å². The van der Waals surface area contributed by atoms with Crippen molar-refractivity contribution in [1.82, 2.24) is 8.96 Å². The predicted octanol–water partition coefficient (Wildman–Crippen LogP) is 2.89. The van der Waals surface area contributed by atoms with Gasteiger partial charge >= 0.3 is 0 Å². The van der Waals surface area contributed by atoms with Gasteiger partial charge in [0.25, 0.3) is 10.0 Å². The van der Waals surface area contributed by atoms with Crippen molar-refractivity contribution in [2.24, 2.45) is 0 Å². The lowest BCUT2D eigenvalue weighted by atomic mass is 10.1. The molecule has 0 aliphatic rings. The van der Waals surface area contributed by atoms with Crippen molar-refractivity contribution in [1.29, 1.82) is 0 Å². The average Bonchev–Trinajstić information content (AvgIpc) is 2.85. The van der Waals surface area contributed by atoms with Gasteiger partial charge in [0.15, 0.2) is 0 Å². The quantitative estimate of drug-likeness (QED) is 0.728. The Bertz CT molecular complexity index is 895. The average molecular weight is 286 g/mol. The molecule has 0 unspecified atom stereocenters. The van der Waals surface area contributed by atoms with Crippen molar-refractivity contribution in [2.75, 3.05) is 0 Å². The maximum Gasteiger partial charge on any atom is 0.268 e. The van der Waals surface area contributed by atoms with Crippen LogP contribution >= 0.6 is 0 Å². The number of aryl methyl sites for hydroxylation is 2. The number of fused-ring (bicyclic) bond motifs is 1. The van der Waals surface area contributed by atoms with E-state index in [0.29, 0.717) is 5.69 Å². The molecule has 3 aromatic rings. The molecule has 2 aromatic carbocycles. The summed E-state index contributed by atoms with van der Waals surface area (Å²) in [5.41, 5.74) is 1.77. The fraction of sp³-hybridized carbons (Fsp3) is 0.133. The van der Waals surface area contributed by atoms with E-state index >= 15 is 0 Å². The molecule has 0 radical (unpaired) electrons. The first-order chi connectivity index (χ1) is 9.46. The van der Waals surface area contributed by atoms with Crippen molar-refractivity contribution in [3.63, 3.8) is 0 Å². The Morgan fingerprint density at radius 3 is 2.45 bits per heavy atom. The van der Waals surface area contributed by atoms with Crippen molar-refractivity contribution < 1.29 is 8.42 Å². The second kappa shape index (κ2) is 4.45. The first kappa shape index (κ1) is 12.9. The van der Waals surface area contributed by atoms with Crippen LogP contribution in [0.15, 0.2) is 53.8 Å². The zero-order valence-corrected chi connectivity index (χ0v) is 12.1. The minimum Gasteiger partial charge on any atom is -0.241 e. The van der Waals surface area contributed by atoms with Crippen molar-refractivity contribution >= 4 is 20.8 Å². The van der Waals surface area contributed by atoms with E-state index in [-0.39, 0.29) is 4.90 Å².